The molecular weight excluding hydrogens is 376 g/mol. The standard InChI is InChI=1S/C21H20N2O2S2/c1-13-17-18(24-12-11-22)20(21(26)25-14-7-3-2-4-8-14)27-19(17)15-9-5-6-10-16(15)23-13/h5-6,9-10,14H,2-4,7-8,12H2,1H3. The molecule has 0 amide bonds. The normalized spacial score (nSPS) is 15.0. The van der Waals surface area contributed by atoms with Crippen LogP contribution in [0.3, 0.4) is 0 Å². The number of hydrogen-bond acceptors (Lipinski definition) is 6. The van der Waals surface area contributed by atoms with Crippen molar-refractivity contribution in [2.75, 3.05) is 6.61 Å². The Labute approximate surface area is 167 Å². The van der Waals surface area contributed by atoms with E-state index in [1.54, 1.807) is 11.3 Å². The Morgan fingerprint density at radius 1 is 1.30 bits per heavy atom. The molecule has 1 aromatic carbocycles. The van der Waals surface area contributed by atoms with E-state index in [4.69, 9.17) is 31.9 Å². The van der Waals surface area contributed by atoms with Gasteiger partial charge >= 0.3 is 0 Å². The van der Waals surface area contributed by atoms with E-state index < -0.39 is 0 Å². The molecule has 4 nitrogen and oxygen atoms in total. The highest BCUT2D eigenvalue weighted by Gasteiger charge is 2.25. The molecule has 0 N–H and O–H groups in total. The lowest BCUT2D eigenvalue weighted by molar-refractivity contribution is 0.148. The van der Waals surface area contributed by atoms with Gasteiger partial charge in [0, 0.05) is 5.39 Å². The quantitative estimate of drug-likeness (QED) is 0.531. The number of thiocarbonyl (C=S) groups is 1. The Morgan fingerprint density at radius 2 is 2.07 bits per heavy atom. The second-order valence-corrected chi connectivity index (χ2v) is 8.18. The zero-order valence-corrected chi connectivity index (χ0v) is 16.8. The molecule has 138 valence electrons. The first-order valence-electron chi connectivity index (χ1n) is 9.21. The smallest absolute Gasteiger partial charge is 0.205 e. The molecule has 0 saturated heterocycles. The molecule has 0 unspecified atom stereocenters. The molecule has 6 heteroatoms. The van der Waals surface area contributed by atoms with Crippen LogP contribution < -0.4 is 4.74 Å². The van der Waals surface area contributed by atoms with Gasteiger partial charge in [-0.05, 0) is 50.9 Å². The zero-order chi connectivity index (χ0) is 18.8. The van der Waals surface area contributed by atoms with Gasteiger partial charge in [-0.25, -0.2) is 0 Å². The molecule has 27 heavy (non-hydrogen) atoms. The second kappa shape index (κ2) is 7.79. The summed E-state index contributed by atoms with van der Waals surface area (Å²) in [6, 6.07) is 10.1. The first-order valence-corrected chi connectivity index (χ1v) is 10.4. The van der Waals surface area contributed by atoms with E-state index in [-0.39, 0.29) is 12.7 Å². The van der Waals surface area contributed by atoms with Gasteiger partial charge in [0.2, 0.25) is 5.05 Å². The van der Waals surface area contributed by atoms with Gasteiger partial charge < -0.3 is 9.47 Å². The minimum Gasteiger partial charge on any atom is -0.479 e. The van der Waals surface area contributed by atoms with Crippen molar-refractivity contribution in [1.29, 1.82) is 5.26 Å². The van der Waals surface area contributed by atoms with Crippen molar-refractivity contribution in [3.8, 4) is 11.8 Å². The average molecular weight is 397 g/mol. The van der Waals surface area contributed by atoms with E-state index in [1.165, 1.54) is 19.3 Å². The predicted molar refractivity (Wildman–Crippen MR) is 113 cm³/mol. The fourth-order valence-electron chi connectivity index (χ4n) is 3.70. The minimum absolute atomic E-state index is 0.0306. The number of thiophene rings is 1. The van der Waals surface area contributed by atoms with Crippen LogP contribution in [0.25, 0.3) is 21.0 Å². The van der Waals surface area contributed by atoms with E-state index in [0.29, 0.717) is 10.8 Å². The molecule has 0 bridgehead atoms. The van der Waals surface area contributed by atoms with Gasteiger partial charge in [-0.15, -0.1) is 11.3 Å². The van der Waals surface area contributed by atoms with Crippen molar-refractivity contribution in [3.63, 3.8) is 0 Å². The molecular formula is C21H20N2O2S2. The summed E-state index contributed by atoms with van der Waals surface area (Å²) in [5.41, 5.74) is 1.82. The maximum atomic E-state index is 9.02. The molecule has 0 aliphatic heterocycles. The van der Waals surface area contributed by atoms with Crippen LogP contribution in [-0.4, -0.2) is 22.7 Å². The van der Waals surface area contributed by atoms with Crippen molar-refractivity contribution < 1.29 is 9.47 Å². The number of fused-ring (bicyclic) bond motifs is 3. The maximum Gasteiger partial charge on any atom is 0.205 e. The first-order chi connectivity index (χ1) is 13.2. The van der Waals surface area contributed by atoms with Crippen LogP contribution in [-0.2, 0) is 4.74 Å². The van der Waals surface area contributed by atoms with Gasteiger partial charge in [0.15, 0.2) is 12.4 Å². The number of ether oxygens (including phenoxy) is 2. The van der Waals surface area contributed by atoms with Gasteiger partial charge in [-0.1, -0.05) is 24.6 Å². The lowest BCUT2D eigenvalue weighted by atomic mass is 9.98. The topological polar surface area (TPSA) is 55.1 Å². The number of para-hydroxylation sites is 1. The van der Waals surface area contributed by atoms with Crippen LogP contribution >= 0.6 is 23.6 Å². The number of nitrogens with zero attached hydrogens (tertiary/aromatic N) is 2. The summed E-state index contributed by atoms with van der Waals surface area (Å²) in [6.07, 6.45) is 5.90. The number of nitriles is 1. The summed E-state index contributed by atoms with van der Waals surface area (Å²) < 4.78 is 13.0. The van der Waals surface area contributed by atoms with Gasteiger partial charge in [0.1, 0.15) is 10.9 Å². The molecule has 0 atom stereocenters. The van der Waals surface area contributed by atoms with E-state index in [0.717, 1.165) is 44.4 Å². The largest absolute Gasteiger partial charge is 0.479 e. The van der Waals surface area contributed by atoms with Crippen molar-refractivity contribution in [2.45, 2.75) is 45.1 Å². The third-order valence-electron chi connectivity index (χ3n) is 4.96. The van der Waals surface area contributed by atoms with Gasteiger partial charge in [0.05, 0.1) is 27.4 Å². The highest BCUT2D eigenvalue weighted by atomic mass is 32.1. The van der Waals surface area contributed by atoms with Gasteiger partial charge in [-0.2, -0.15) is 5.26 Å². The average Bonchev–Trinajstić information content (AvgIpc) is 3.08. The van der Waals surface area contributed by atoms with Crippen molar-refractivity contribution in [3.05, 3.63) is 34.8 Å². The number of aromatic nitrogens is 1. The lowest BCUT2D eigenvalue weighted by Crippen LogP contribution is -2.20. The summed E-state index contributed by atoms with van der Waals surface area (Å²) in [5, 5.41) is 11.5. The van der Waals surface area contributed by atoms with Crippen LogP contribution in [0.2, 0.25) is 0 Å². The zero-order valence-electron chi connectivity index (χ0n) is 15.2. The molecule has 1 fully saturated rings. The lowest BCUT2D eigenvalue weighted by Gasteiger charge is -2.23. The number of pyridine rings is 1. The predicted octanol–water partition coefficient (Wildman–Crippen LogP) is 5.69. The van der Waals surface area contributed by atoms with Crippen LogP contribution in [0.15, 0.2) is 24.3 Å². The Bertz CT molecular complexity index is 1050. The summed E-state index contributed by atoms with van der Waals surface area (Å²) in [6.45, 7) is 1.94. The number of rotatable bonds is 4. The van der Waals surface area contributed by atoms with E-state index in [1.807, 2.05) is 25.1 Å². The Morgan fingerprint density at radius 3 is 2.85 bits per heavy atom. The highest BCUT2D eigenvalue weighted by Crippen LogP contribution is 2.43. The van der Waals surface area contributed by atoms with Crippen LogP contribution in [0.5, 0.6) is 5.75 Å². The molecule has 0 radical (unpaired) electrons. The number of hydrogen-bond donors (Lipinski definition) is 0. The minimum atomic E-state index is -0.0306. The summed E-state index contributed by atoms with van der Waals surface area (Å²) >= 11 is 7.23. The third kappa shape index (κ3) is 3.50. The SMILES string of the molecule is Cc1nc2ccccc2c2sc(C(=S)OC3CCCCC3)c(OCC#N)c12. The second-order valence-electron chi connectivity index (χ2n) is 6.79. The Balaban J connectivity index is 1.83. The summed E-state index contributed by atoms with van der Waals surface area (Å²) in [7, 11) is 0. The molecule has 0 spiro atoms. The molecule has 2 heterocycles. The summed E-state index contributed by atoms with van der Waals surface area (Å²) in [4.78, 5) is 5.51. The van der Waals surface area contributed by atoms with Crippen LogP contribution in [0.1, 0.15) is 42.7 Å². The van der Waals surface area contributed by atoms with E-state index in [9.17, 15) is 0 Å². The maximum absolute atomic E-state index is 9.02. The van der Waals surface area contributed by atoms with Crippen LogP contribution in [0, 0.1) is 18.3 Å². The van der Waals surface area contributed by atoms with E-state index in [2.05, 4.69) is 12.1 Å². The first kappa shape index (κ1) is 18.1. The van der Waals surface area contributed by atoms with Crippen molar-refractivity contribution in [2.24, 2.45) is 0 Å². The number of benzene rings is 1. The molecule has 1 aliphatic rings. The Hall–Kier alpha value is -2.23. The van der Waals surface area contributed by atoms with Gasteiger partial charge in [0.25, 0.3) is 0 Å². The Kier molecular flexibility index (Phi) is 5.24. The number of aryl methyl sites for hydroxylation is 1. The molecule has 3 aromatic rings. The van der Waals surface area contributed by atoms with Crippen molar-refractivity contribution >= 4 is 49.6 Å². The monoisotopic (exact) mass is 396 g/mol. The fourth-order valence-corrected chi connectivity index (χ4v) is 5.27. The molecule has 1 aliphatic carbocycles. The fraction of sp³-hybridized carbons (Fsp3) is 0.381. The van der Waals surface area contributed by atoms with Gasteiger partial charge in [-0.3, -0.25) is 4.98 Å². The highest BCUT2D eigenvalue weighted by molar-refractivity contribution is 7.81. The molecule has 2 aromatic heterocycles. The molecule has 1 saturated carbocycles. The third-order valence-corrected chi connectivity index (χ3v) is 6.59. The van der Waals surface area contributed by atoms with Crippen LogP contribution in [0.4, 0.5) is 0 Å². The summed E-state index contributed by atoms with van der Waals surface area (Å²) in [5.74, 6) is 0.633. The van der Waals surface area contributed by atoms with E-state index >= 15 is 0 Å². The molecule has 4 rings (SSSR count). The van der Waals surface area contributed by atoms with Crippen molar-refractivity contribution in [1.82, 2.24) is 4.98 Å².